The molecular formula is C21H25F3N2O3. The quantitative estimate of drug-likeness (QED) is 0.829. The zero-order chi connectivity index (χ0) is 20.8. The molecule has 3 saturated carbocycles. The second-order valence-corrected chi connectivity index (χ2v) is 8.43. The number of rotatable bonds is 3. The molecule has 8 heteroatoms. The van der Waals surface area contributed by atoms with E-state index in [-0.39, 0.29) is 17.7 Å². The number of halogens is 3. The SMILES string of the molecule is O=C(O)C1C2CCC(CC2)C1C(=O)N1CCN(c2cccc(C(F)(F)F)c2)CC1. The van der Waals surface area contributed by atoms with Crippen molar-refractivity contribution in [1.82, 2.24) is 4.90 Å². The number of hydrogen-bond donors (Lipinski definition) is 1. The standard InChI is InChI=1S/C21H25F3N2O3/c22-21(23,24)15-2-1-3-16(12-15)25-8-10-26(11-9-25)19(27)17-13-4-6-14(7-5-13)18(17)20(28)29/h1-3,12-14,17-18H,4-11H2,(H,28,29). The van der Waals surface area contributed by atoms with E-state index >= 15 is 0 Å². The molecule has 1 aromatic rings. The molecule has 2 unspecified atom stereocenters. The predicted octanol–water partition coefficient (Wildman–Crippen LogP) is 3.49. The molecule has 1 N–H and O–H groups in total. The Hall–Kier alpha value is -2.25. The van der Waals surface area contributed by atoms with Gasteiger partial charge in [0.1, 0.15) is 0 Å². The van der Waals surface area contributed by atoms with Crippen molar-refractivity contribution < 1.29 is 27.9 Å². The average molecular weight is 410 g/mol. The van der Waals surface area contributed by atoms with Gasteiger partial charge in [-0.3, -0.25) is 9.59 Å². The van der Waals surface area contributed by atoms with Gasteiger partial charge in [0.25, 0.3) is 0 Å². The Bertz CT molecular complexity index is 782. The van der Waals surface area contributed by atoms with Gasteiger partial charge < -0.3 is 14.9 Å². The fourth-order valence-electron chi connectivity index (χ4n) is 5.43. The molecule has 5 nitrogen and oxygen atoms in total. The number of carboxylic acid groups (broad SMARTS) is 1. The first-order chi connectivity index (χ1) is 13.8. The van der Waals surface area contributed by atoms with Gasteiger partial charge in [0.2, 0.25) is 5.91 Å². The lowest BCUT2D eigenvalue weighted by molar-refractivity contribution is -0.162. The molecule has 158 valence electrons. The second-order valence-electron chi connectivity index (χ2n) is 8.43. The summed E-state index contributed by atoms with van der Waals surface area (Å²) in [5.74, 6) is -1.81. The van der Waals surface area contributed by atoms with Crippen LogP contribution in [0.3, 0.4) is 0 Å². The van der Waals surface area contributed by atoms with Crippen LogP contribution in [0.1, 0.15) is 31.2 Å². The van der Waals surface area contributed by atoms with Crippen molar-refractivity contribution in [2.75, 3.05) is 31.1 Å². The van der Waals surface area contributed by atoms with E-state index in [0.717, 1.165) is 37.8 Å². The summed E-state index contributed by atoms with van der Waals surface area (Å²) in [6, 6.07) is 5.23. The van der Waals surface area contributed by atoms with E-state index < -0.39 is 29.5 Å². The maximum atomic E-state index is 13.2. The molecular weight excluding hydrogens is 385 g/mol. The predicted molar refractivity (Wildman–Crippen MR) is 100 cm³/mol. The highest BCUT2D eigenvalue weighted by atomic mass is 19.4. The van der Waals surface area contributed by atoms with Crippen molar-refractivity contribution >= 4 is 17.6 Å². The van der Waals surface area contributed by atoms with Crippen molar-refractivity contribution in [2.24, 2.45) is 23.7 Å². The van der Waals surface area contributed by atoms with Crippen LogP contribution >= 0.6 is 0 Å². The fourth-order valence-corrected chi connectivity index (χ4v) is 5.43. The Morgan fingerprint density at radius 2 is 1.52 bits per heavy atom. The number of piperazine rings is 1. The van der Waals surface area contributed by atoms with Crippen LogP contribution < -0.4 is 4.90 Å². The van der Waals surface area contributed by atoms with E-state index in [4.69, 9.17) is 0 Å². The minimum absolute atomic E-state index is 0.0813. The van der Waals surface area contributed by atoms with Crippen LogP contribution in [0, 0.1) is 23.7 Å². The van der Waals surface area contributed by atoms with Gasteiger partial charge in [-0.15, -0.1) is 0 Å². The van der Waals surface area contributed by atoms with Crippen LogP contribution in [0.4, 0.5) is 18.9 Å². The first-order valence-electron chi connectivity index (χ1n) is 10.2. The van der Waals surface area contributed by atoms with Gasteiger partial charge in [0.05, 0.1) is 17.4 Å². The van der Waals surface area contributed by atoms with Crippen molar-refractivity contribution in [1.29, 1.82) is 0 Å². The number of benzene rings is 1. The number of fused-ring (bicyclic) bond motifs is 3. The molecule has 1 saturated heterocycles. The fraction of sp³-hybridized carbons (Fsp3) is 0.619. The molecule has 5 rings (SSSR count). The third-order valence-corrected chi connectivity index (χ3v) is 6.92. The number of nitrogens with zero attached hydrogens (tertiary/aromatic N) is 2. The number of carbonyl (C=O) groups is 2. The molecule has 1 aliphatic heterocycles. The van der Waals surface area contributed by atoms with Crippen molar-refractivity contribution in [3.05, 3.63) is 29.8 Å². The summed E-state index contributed by atoms with van der Waals surface area (Å²) in [6.07, 6.45) is -0.798. The summed E-state index contributed by atoms with van der Waals surface area (Å²) in [5.41, 5.74) is -0.192. The van der Waals surface area contributed by atoms with Gasteiger partial charge in [-0.05, 0) is 55.7 Å². The molecule has 3 aliphatic carbocycles. The molecule has 1 aromatic carbocycles. The molecule has 1 heterocycles. The first kappa shape index (κ1) is 20.0. The first-order valence-corrected chi connectivity index (χ1v) is 10.2. The number of anilines is 1. The van der Waals surface area contributed by atoms with Gasteiger partial charge in [0, 0.05) is 31.9 Å². The van der Waals surface area contributed by atoms with E-state index in [0.29, 0.717) is 31.9 Å². The Morgan fingerprint density at radius 3 is 2.07 bits per heavy atom. The topological polar surface area (TPSA) is 60.9 Å². The highest BCUT2D eigenvalue weighted by Gasteiger charge is 2.51. The van der Waals surface area contributed by atoms with Crippen molar-refractivity contribution in [3.8, 4) is 0 Å². The molecule has 0 aromatic heterocycles. The van der Waals surface area contributed by atoms with E-state index in [1.54, 1.807) is 11.0 Å². The van der Waals surface area contributed by atoms with E-state index in [1.165, 1.54) is 6.07 Å². The van der Waals surface area contributed by atoms with Gasteiger partial charge in [-0.1, -0.05) is 6.07 Å². The van der Waals surface area contributed by atoms with Crippen LogP contribution in [0.25, 0.3) is 0 Å². The number of amides is 1. The summed E-state index contributed by atoms with van der Waals surface area (Å²) in [6.45, 7) is 1.67. The maximum Gasteiger partial charge on any atom is 0.416 e. The summed E-state index contributed by atoms with van der Waals surface area (Å²) in [5, 5.41) is 9.69. The second kappa shape index (κ2) is 7.54. The Kier molecular flexibility index (Phi) is 5.21. The molecule has 0 spiro atoms. The number of carbonyl (C=O) groups excluding carboxylic acids is 1. The Balaban J connectivity index is 1.43. The number of alkyl halides is 3. The summed E-state index contributed by atoms with van der Waals surface area (Å²) in [4.78, 5) is 28.6. The molecule has 2 atom stereocenters. The number of hydrogen-bond acceptors (Lipinski definition) is 3. The van der Waals surface area contributed by atoms with Crippen LogP contribution in [-0.2, 0) is 15.8 Å². The lowest BCUT2D eigenvalue weighted by Crippen LogP contribution is -2.56. The minimum Gasteiger partial charge on any atom is -0.481 e. The zero-order valence-electron chi connectivity index (χ0n) is 16.1. The third kappa shape index (κ3) is 3.81. The Morgan fingerprint density at radius 1 is 0.931 bits per heavy atom. The molecule has 29 heavy (non-hydrogen) atoms. The highest BCUT2D eigenvalue weighted by Crippen LogP contribution is 2.49. The van der Waals surface area contributed by atoms with Gasteiger partial charge in [-0.2, -0.15) is 13.2 Å². The van der Waals surface area contributed by atoms with Crippen molar-refractivity contribution in [3.63, 3.8) is 0 Å². The van der Waals surface area contributed by atoms with E-state index in [2.05, 4.69) is 0 Å². The third-order valence-electron chi connectivity index (χ3n) is 6.92. The molecule has 2 bridgehead atoms. The minimum atomic E-state index is -4.39. The largest absolute Gasteiger partial charge is 0.481 e. The van der Waals surface area contributed by atoms with Gasteiger partial charge in [0.15, 0.2) is 0 Å². The average Bonchev–Trinajstić information content (AvgIpc) is 2.73. The molecule has 4 aliphatic rings. The van der Waals surface area contributed by atoms with Crippen molar-refractivity contribution in [2.45, 2.75) is 31.9 Å². The van der Waals surface area contributed by atoms with Crippen LogP contribution in [0.15, 0.2) is 24.3 Å². The normalized spacial score (nSPS) is 29.8. The summed E-state index contributed by atoms with van der Waals surface area (Å²) < 4.78 is 38.9. The zero-order valence-corrected chi connectivity index (χ0v) is 16.1. The molecule has 0 radical (unpaired) electrons. The smallest absolute Gasteiger partial charge is 0.416 e. The van der Waals surface area contributed by atoms with E-state index in [9.17, 15) is 27.9 Å². The van der Waals surface area contributed by atoms with E-state index in [1.807, 2.05) is 4.90 Å². The summed E-state index contributed by atoms with van der Waals surface area (Å²) in [7, 11) is 0. The van der Waals surface area contributed by atoms with Crippen LogP contribution in [0.5, 0.6) is 0 Å². The Labute approximate surface area is 167 Å². The summed E-state index contributed by atoms with van der Waals surface area (Å²) >= 11 is 0. The van der Waals surface area contributed by atoms with Gasteiger partial charge >= 0.3 is 12.1 Å². The monoisotopic (exact) mass is 410 g/mol. The molecule has 1 amide bonds. The number of carboxylic acids is 1. The lowest BCUT2D eigenvalue weighted by Gasteiger charge is -2.48. The van der Waals surface area contributed by atoms with Crippen LogP contribution in [0.2, 0.25) is 0 Å². The molecule has 4 fully saturated rings. The van der Waals surface area contributed by atoms with Gasteiger partial charge in [-0.25, -0.2) is 0 Å². The van der Waals surface area contributed by atoms with Crippen LogP contribution in [-0.4, -0.2) is 48.1 Å². The maximum absolute atomic E-state index is 13.2. The lowest BCUT2D eigenvalue weighted by atomic mass is 9.58. The number of aliphatic carboxylic acids is 1. The highest BCUT2D eigenvalue weighted by molar-refractivity contribution is 5.86.